The smallest absolute Gasteiger partial charge is 0.242 e. The minimum Gasteiger partial charge on any atom is -0.496 e. The fourth-order valence-corrected chi connectivity index (χ4v) is 7.36. The topological polar surface area (TPSA) is 9.23 Å². The van der Waals surface area contributed by atoms with Crippen LogP contribution in [0.4, 0.5) is 0 Å². The summed E-state index contributed by atoms with van der Waals surface area (Å²) in [5.74, 6) is 0.836. The summed E-state index contributed by atoms with van der Waals surface area (Å²) in [5.41, 5.74) is 15.3. The van der Waals surface area contributed by atoms with Gasteiger partial charge in [0.1, 0.15) is 5.75 Å². The molecule has 2 heteroatoms. The molecular formula is C51H39BO. The highest BCUT2D eigenvalue weighted by Gasteiger charge is 2.30. The first-order valence-corrected chi connectivity index (χ1v) is 18.2. The normalized spacial score (nSPS) is 11.4. The quantitative estimate of drug-likeness (QED) is 0.103. The van der Waals surface area contributed by atoms with E-state index in [-0.39, 0.29) is 6.71 Å². The van der Waals surface area contributed by atoms with Crippen LogP contribution < -0.4 is 15.7 Å². The minimum absolute atomic E-state index is 0.118. The first kappa shape index (κ1) is 33.5. The molecule has 0 radical (unpaired) electrons. The van der Waals surface area contributed by atoms with Crippen molar-refractivity contribution in [3.05, 3.63) is 235 Å². The zero-order valence-electron chi connectivity index (χ0n) is 29.8. The number of hydrogen-bond donors (Lipinski definition) is 0. The lowest BCUT2D eigenvalue weighted by atomic mass is 9.34. The van der Waals surface area contributed by atoms with Crippen LogP contribution in [0, 0.1) is 0 Å². The summed E-state index contributed by atoms with van der Waals surface area (Å²) in [6, 6.07) is 78.3. The third kappa shape index (κ3) is 7.26. The Bertz CT molecular complexity index is 2340. The van der Waals surface area contributed by atoms with Crippen LogP contribution in [0.2, 0.25) is 0 Å². The van der Waals surface area contributed by atoms with Gasteiger partial charge < -0.3 is 4.74 Å². The summed E-state index contributed by atoms with van der Waals surface area (Å²) in [5, 5.41) is 0. The molecule has 0 saturated heterocycles. The van der Waals surface area contributed by atoms with Crippen LogP contribution in [0.1, 0.15) is 16.7 Å². The van der Waals surface area contributed by atoms with E-state index in [4.69, 9.17) is 4.74 Å². The van der Waals surface area contributed by atoms with Gasteiger partial charge in [-0.3, -0.25) is 0 Å². The second kappa shape index (κ2) is 15.7. The van der Waals surface area contributed by atoms with Crippen LogP contribution in [-0.2, 0) is 0 Å². The van der Waals surface area contributed by atoms with Gasteiger partial charge in [-0.1, -0.05) is 229 Å². The van der Waals surface area contributed by atoms with Crippen molar-refractivity contribution in [3.63, 3.8) is 0 Å². The van der Waals surface area contributed by atoms with E-state index >= 15 is 0 Å². The van der Waals surface area contributed by atoms with Gasteiger partial charge in [-0.25, -0.2) is 0 Å². The van der Waals surface area contributed by atoms with E-state index in [1.807, 2.05) is 6.07 Å². The largest absolute Gasteiger partial charge is 0.496 e. The molecule has 0 atom stereocenters. The Kier molecular flexibility index (Phi) is 9.94. The van der Waals surface area contributed by atoms with E-state index in [1.165, 1.54) is 49.8 Å². The molecule has 0 N–H and O–H groups in total. The lowest BCUT2D eigenvalue weighted by molar-refractivity contribution is 0.413. The molecule has 8 aromatic rings. The van der Waals surface area contributed by atoms with Gasteiger partial charge in [0.05, 0.1) is 7.11 Å². The van der Waals surface area contributed by atoms with Crippen LogP contribution in [0.15, 0.2) is 218 Å². The highest BCUT2D eigenvalue weighted by atomic mass is 16.5. The molecule has 0 heterocycles. The standard InChI is InChI=1S/C51H39BO/c1-53-49-25-15-14-24-48(49)50(44-22-12-5-13-23-44)51(45-28-26-41(27-29-45)38-16-6-2-7-17-38)52(46-34-30-42(31-35-46)39-18-8-3-9-19-39)47-36-32-43(33-37-47)40-20-10-4-11-21-40/h2-37H,1H3/b51-50-. The van der Waals surface area contributed by atoms with Gasteiger partial charge >= 0.3 is 0 Å². The van der Waals surface area contributed by atoms with Crippen molar-refractivity contribution in [1.82, 2.24) is 0 Å². The highest BCUT2D eigenvalue weighted by Crippen LogP contribution is 2.39. The van der Waals surface area contributed by atoms with E-state index in [0.29, 0.717) is 0 Å². The third-order valence-electron chi connectivity index (χ3n) is 10.0. The van der Waals surface area contributed by atoms with E-state index < -0.39 is 0 Å². The van der Waals surface area contributed by atoms with E-state index in [0.717, 1.165) is 28.0 Å². The molecule has 0 aliphatic rings. The Hall–Kier alpha value is -6.64. The van der Waals surface area contributed by atoms with Gasteiger partial charge in [0.2, 0.25) is 6.71 Å². The Morgan fingerprint density at radius 3 is 1.13 bits per heavy atom. The predicted molar refractivity (Wildman–Crippen MR) is 226 cm³/mol. The van der Waals surface area contributed by atoms with Crippen molar-refractivity contribution in [2.75, 3.05) is 7.11 Å². The van der Waals surface area contributed by atoms with Crippen molar-refractivity contribution in [3.8, 4) is 39.1 Å². The lowest BCUT2D eigenvalue weighted by Crippen LogP contribution is -2.44. The van der Waals surface area contributed by atoms with Crippen molar-refractivity contribution in [1.29, 1.82) is 0 Å². The fraction of sp³-hybridized carbons (Fsp3) is 0.0196. The maximum atomic E-state index is 6.10. The van der Waals surface area contributed by atoms with Crippen LogP contribution in [0.25, 0.3) is 44.4 Å². The molecule has 0 spiro atoms. The molecule has 0 amide bonds. The van der Waals surface area contributed by atoms with Gasteiger partial charge in [-0.15, -0.1) is 0 Å². The number of ether oxygens (including phenoxy) is 1. The van der Waals surface area contributed by atoms with Gasteiger partial charge in [-0.2, -0.15) is 0 Å². The Morgan fingerprint density at radius 2 is 0.698 bits per heavy atom. The molecule has 53 heavy (non-hydrogen) atoms. The highest BCUT2D eigenvalue weighted by molar-refractivity contribution is 7.01. The monoisotopic (exact) mass is 678 g/mol. The van der Waals surface area contributed by atoms with Crippen molar-refractivity contribution in [2.45, 2.75) is 0 Å². The molecule has 0 fully saturated rings. The first-order chi connectivity index (χ1) is 26.3. The average molecular weight is 679 g/mol. The van der Waals surface area contributed by atoms with Gasteiger partial charge in [0.15, 0.2) is 0 Å². The maximum absolute atomic E-state index is 6.10. The predicted octanol–water partition coefficient (Wildman–Crippen LogP) is 11.5. The number of hydrogen-bond acceptors (Lipinski definition) is 1. The Balaban J connectivity index is 1.41. The average Bonchev–Trinajstić information content (AvgIpc) is 3.25. The summed E-state index contributed by atoms with van der Waals surface area (Å²) in [7, 11) is 1.76. The van der Waals surface area contributed by atoms with Gasteiger partial charge in [0.25, 0.3) is 0 Å². The third-order valence-corrected chi connectivity index (χ3v) is 10.0. The molecule has 0 aliphatic heterocycles. The van der Waals surface area contributed by atoms with Crippen molar-refractivity contribution >= 4 is 28.7 Å². The fourth-order valence-electron chi connectivity index (χ4n) is 7.36. The van der Waals surface area contributed by atoms with E-state index in [9.17, 15) is 0 Å². The summed E-state index contributed by atoms with van der Waals surface area (Å²) in [4.78, 5) is 0. The van der Waals surface area contributed by atoms with E-state index in [1.54, 1.807) is 7.11 Å². The van der Waals surface area contributed by atoms with Gasteiger partial charge in [-0.05, 0) is 56.1 Å². The van der Waals surface area contributed by atoms with Gasteiger partial charge in [0, 0.05) is 5.56 Å². The number of rotatable bonds is 10. The van der Waals surface area contributed by atoms with Crippen molar-refractivity contribution in [2.24, 2.45) is 0 Å². The summed E-state index contributed by atoms with van der Waals surface area (Å²) >= 11 is 0. The van der Waals surface area contributed by atoms with Crippen LogP contribution in [0.5, 0.6) is 5.75 Å². The zero-order valence-corrected chi connectivity index (χ0v) is 29.8. The molecule has 252 valence electrons. The second-order valence-corrected chi connectivity index (χ2v) is 13.2. The van der Waals surface area contributed by atoms with Crippen LogP contribution in [-0.4, -0.2) is 13.8 Å². The molecule has 0 bridgehead atoms. The van der Waals surface area contributed by atoms with Crippen LogP contribution in [0.3, 0.4) is 0 Å². The summed E-state index contributed by atoms with van der Waals surface area (Å²) in [6.45, 7) is -0.118. The summed E-state index contributed by atoms with van der Waals surface area (Å²) in [6.07, 6.45) is 0. The summed E-state index contributed by atoms with van der Waals surface area (Å²) < 4.78 is 6.10. The number of para-hydroxylation sites is 1. The molecular weight excluding hydrogens is 639 g/mol. The molecule has 0 saturated carbocycles. The van der Waals surface area contributed by atoms with Crippen molar-refractivity contribution < 1.29 is 4.74 Å². The first-order valence-electron chi connectivity index (χ1n) is 18.2. The molecule has 0 aromatic heterocycles. The Labute approximate surface area is 313 Å². The molecule has 0 unspecified atom stereocenters. The number of methoxy groups -OCH3 is 1. The second-order valence-electron chi connectivity index (χ2n) is 13.2. The molecule has 8 rings (SSSR count). The van der Waals surface area contributed by atoms with Crippen LogP contribution >= 0.6 is 0 Å². The molecule has 0 aliphatic carbocycles. The number of benzene rings is 8. The zero-order chi connectivity index (χ0) is 35.8. The van der Waals surface area contributed by atoms with E-state index in [2.05, 4.69) is 212 Å². The Morgan fingerprint density at radius 1 is 0.340 bits per heavy atom. The maximum Gasteiger partial charge on any atom is 0.242 e. The lowest BCUT2D eigenvalue weighted by Gasteiger charge is -2.26. The molecule has 8 aromatic carbocycles. The minimum atomic E-state index is -0.118. The molecule has 1 nitrogen and oxygen atoms in total. The SMILES string of the molecule is COc1ccccc1/C(=C(\B(c1ccc(-c2ccccc2)cc1)c1ccc(-c2ccccc2)cc1)c1ccc(-c2ccccc2)cc1)c1ccccc1.